The normalized spacial score (nSPS) is 17.0. The lowest BCUT2D eigenvalue weighted by Gasteiger charge is -2.18. The molecule has 0 bridgehead atoms. The van der Waals surface area contributed by atoms with Crippen molar-refractivity contribution in [3.63, 3.8) is 0 Å². The van der Waals surface area contributed by atoms with E-state index in [0.717, 1.165) is 37.0 Å². The van der Waals surface area contributed by atoms with E-state index in [2.05, 4.69) is 22.8 Å². The van der Waals surface area contributed by atoms with Crippen molar-refractivity contribution < 1.29 is 47.6 Å². The molecule has 1 atom stereocenters. The minimum Gasteiger partial charge on any atom is -0.446 e. The van der Waals surface area contributed by atoms with Crippen LogP contribution < -0.4 is 10.6 Å². The van der Waals surface area contributed by atoms with Crippen molar-refractivity contribution in [2.45, 2.75) is 44.6 Å². The molecule has 1 aliphatic heterocycles. The maximum absolute atomic E-state index is 11.9. The van der Waals surface area contributed by atoms with Gasteiger partial charge in [-0.25, -0.2) is 4.79 Å². The van der Waals surface area contributed by atoms with E-state index in [1.54, 1.807) is 0 Å². The molecule has 2 aliphatic rings. The van der Waals surface area contributed by atoms with Crippen LogP contribution in [0.5, 0.6) is 0 Å². The van der Waals surface area contributed by atoms with Gasteiger partial charge in [-0.2, -0.15) is 0 Å². The molecule has 1 heterocycles. The summed E-state index contributed by atoms with van der Waals surface area (Å²) in [5.74, 6) is -1.05. The van der Waals surface area contributed by atoms with Crippen LogP contribution in [0.15, 0.2) is 24.3 Å². The van der Waals surface area contributed by atoms with Gasteiger partial charge >= 0.3 is 6.09 Å². The van der Waals surface area contributed by atoms with E-state index >= 15 is 0 Å². The van der Waals surface area contributed by atoms with Gasteiger partial charge in [-0.1, -0.05) is 12.2 Å². The lowest BCUT2D eigenvalue weighted by Crippen LogP contribution is -2.35. The average molecular weight is 584 g/mol. The molecule has 2 N–H and O–H groups in total. The van der Waals surface area contributed by atoms with Crippen LogP contribution in [0.1, 0.15) is 38.5 Å². The Balaban J connectivity index is 1.24. The second-order valence-electron chi connectivity index (χ2n) is 9.26. The molecule has 0 saturated carbocycles. The molecule has 1 aliphatic carbocycles. The van der Waals surface area contributed by atoms with Crippen LogP contribution in [0.25, 0.3) is 0 Å². The van der Waals surface area contributed by atoms with Crippen molar-refractivity contribution in [2.24, 2.45) is 0 Å². The van der Waals surface area contributed by atoms with Crippen molar-refractivity contribution in [3.05, 3.63) is 24.3 Å². The molecule has 0 saturated heterocycles. The van der Waals surface area contributed by atoms with Gasteiger partial charge in [0.15, 0.2) is 0 Å². The molecule has 0 aromatic heterocycles. The number of hydrogen-bond donors (Lipinski definition) is 2. The predicted octanol–water partition coefficient (Wildman–Crippen LogP) is 1.12. The maximum atomic E-state index is 11.9. The Bertz CT molecular complexity index is 818. The van der Waals surface area contributed by atoms with E-state index in [9.17, 15) is 19.2 Å². The number of allylic oxidation sites excluding steroid dienone is 2. The number of hydrogen-bond acceptors (Lipinski definition) is 10. The highest BCUT2D eigenvalue weighted by molar-refractivity contribution is 6.13. The topological polar surface area (TPSA) is 151 Å². The van der Waals surface area contributed by atoms with Gasteiger partial charge in [0.25, 0.3) is 11.8 Å². The van der Waals surface area contributed by atoms with Gasteiger partial charge < -0.3 is 39.1 Å². The summed E-state index contributed by atoms with van der Waals surface area (Å²) in [6.07, 6.45) is 11.1. The Morgan fingerprint density at radius 1 is 0.707 bits per heavy atom. The van der Waals surface area contributed by atoms with E-state index in [0.29, 0.717) is 79.2 Å². The molecular weight excluding hydrogens is 538 g/mol. The van der Waals surface area contributed by atoms with E-state index in [1.165, 1.54) is 12.2 Å². The van der Waals surface area contributed by atoms with E-state index in [4.69, 9.17) is 28.4 Å². The third-order valence-corrected chi connectivity index (χ3v) is 6.03. The molecule has 2 rings (SSSR count). The van der Waals surface area contributed by atoms with Crippen molar-refractivity contribution >= 4 is 23.8 Å². The summed E-state index contributed by atoms with van der Waals surface area (Å²) < 4.78 is 32.6. The SMILES string of the molecule is O=C(CCN1C(=O)C=CC1=O)NCCOCCOCCOCCOCCOCCNC(=O)O[C@@H]1CCC=CCCC1. The molecule has 0 aromatic carbocycles. The molecule has 232 valence electrons. The summed E-state index contributed by atoms with van der Waals surface area (Å²) in [6, 6.07) is 0. The second-order valence-corrected chi connectivity index (χ2v) is 9.26. The van der Waals surface area contributed by atoms with Gasteiger partial charge in [0.2, 0.25) is 5.91 Å². The number of carbonyl (C=O) groups excluding carboxylic acids is 4. The summed E-state index contributed by atoms with van der Waals surface area (Å²) in [5, 5.41) is 5.39. The first-order chi connectivity index (χ1) is 20.1. The minimum absolute atomic E-state index is 0.0182. The first-order valence-electron chi connectivity index (χ1n) is 14.3. The Morgan fingerprint density at radius 3 is 1.80 bits per heavy atom. The van der Waals surface area contributed by atoms with Crippen LogP contribution >= 0.6 is 0 Å². The molecule has 0 unspecified atom stereocenters. The highest BCUT2D eigenvalue weighted by atomic mass is 16.6. The van der Waals surface area contributed by atoms with Gasteiger partial charge in [0.1, 0.15) is 6.10 Å². The molecule has 0 fully saturated rings. The zero-order valence-electron chi connectivity index (χ0n) is 23.9. The molecule has 0 radical (unpaired) electrons. The number of ether oxygens (including phenoxy) is 6. The number of rotatable bonds is 22. The van der Waals surface area contributed by atoms with Crippen LogP contribution in [0.3, 0.4) is 0 Å². The summed E-state index contributed by atoms with van der Waals surface area (Å²) in [5.41, 5.74) is 0. The summed E-state index contributed by atoms with van der Waals surface area (Å²) in [6.45, 7) is 4.92. The van der Waals surface area contributed by atoms with Crippen LogP contribution in [-0.2, 0) is 42.8 Å². The number of imide groups is 1. The standard InChI is InChI=1S/C28H45N3O10/c32-25(10-13-31-26(33)8-9-27(31)34)29-11-14-36-16-18-38-20-22-40-23-21-39-19-17-37-15-12-30-28(35)41-24-6-4-2-1-3-5-7-24/h1-2,8-9,24H,3-7,10-23H2,(H,29,32)(H,30,35)/t24-/m1/s1. The third-order valence-electron chi connectivity index (χ3n) is 6.03. The second kappa shape index (κ2) is 22.8. The maximum Gasteiger partial charge on any atom is 0.407 e. The zero-order valence-corrected chi connectivity index (χ0v) is 23.9. The number of carbonyl (C=O) groups is 4. The molecule has 4 amide bonds. The fourth-order valence-electron chi connectivity index (χ4n) is 3.86. The van der Waals surface area contributed by atoms with Crippen molar-refractivity contribution in [1.29, 1.82) is 0 Å². The van der Waals surface area contributed by atoms with Gasteiger partial charge in [0, 0.05) is 38.2 Å². The Hall–Kier alpha value is -2.84. The number of nitrogens with zero attached hydrogens (tertiary/aromatic N) is 1. The first-order valence-corrected chi connectivity index (χ1v) is 14.3. The third kappa shape index (κ3) is 17.6. The fourth-order valence-corrected chi connectivity index (χ4v) is 3.86. The molecule has 41 heavy (non-hydrogen) atoms. The molecule has 0 spiro atoms. The van der Waals surface area contributed by atoms with Crippen LogP contribution in [-0.4, -0.2) is 121 Å². The number of amides is 4. The average Bonchev–Trinajstić information content (AvgIpc) is 3.26. The molecule has 0 aromatic rings. The highest BCUT2D eigenvalue weighted by Crippen LogP contribution is 2.15. The summed E-state index contributed by atoms with van der Waals surface area (Å²) >= 11 is 0. The minimum atomic E-state index is -0.397. The summed E-state index contributed by atoms with van der Waals surface area (Å²) in [4.78, 5) is 47.5. The van der Waals surface area contributed by atoms with Crippen LogP contribution in [0, 0.1) is 0 Å². The highest BCUT2D eigenvalue weighted by Gasteiger charge is 2.23. The molecule has 13 nitrogen and oxygen atoms in total. The largest absolute Gasteiger partial charge is 0.446 e. The first kappa shape index (κ1) is 34.4. The fraction of sp³-hybridized carbons (Fsp3) is 0.714. The van der Waals surface area contributed by atoms with E-state index < -0.39 is 17.9 Å². The van der Waals surface area contributed by atoms with Gasteiger partial charge in [-0.05, 0) is 32.1 Å². The Morgan fingerprint density at radius 2 is 1.22 bits per heavy atom. The molecular formula is C28H45N3O10. The monoisotopic (exact) mass is 583 g/mol. The lowest BCUT2D eigenvalue weighted by atomic mass is 10.0. The predicted molar refractivity (Wildman–Crippen MR) is 148 cm³/mol. The van der Waals surface area contributed by atoms with E-state index in [-0.39, 0.29) is 25.0 Å². The van der Waals surface area contributed by atoms with Crippen molar-refractivity contribution in [1.82, 2.24) is 15.5 Å². The quantitative estimate of drug-likeness (QED) is 0.108. The Kier molecular flexibility index (Phi) is 19.1. The zero-order chi connectivity index (χ0) is 29.4. The van der Waals surface area contributed by atoms with Gasteiger partial charge in [-0.3, -0.25) is 19.3 Å². The Labute approximate surface area is 241 Å². The smallest absolute Gasteiger partial charge is 0.407 e. The van der Waals surface area contributed by atoms with Crippen LogP contribution in [0.2, 0.25) is 0 Å². The molecule has 13 heteroatoms. The number of alkyl carbamates (subject to hydrolysis) is 1. The number of nitrogens with one attached hydrogen (secondary N) is 2. The van der Waals surface area contributed by atoms with Gasteiger partial charge in [0.05, 0.1) is 66.1 Å². The van der Waals surface area contributed by atoms with Crippen LogP contribution in [0.4, 0.5) is 4.79 Å². The van der Waals surface area contributed by atoms with E-state index in [1.807, 2.05) is 0 Å². The van der Waals surface area contributed by atoms with Crippen molar-refractivity contribution in [2.75, 3.05) is 85.7 Å². The van der Waals surface area contributed by atoms with Crippen molar-refractivity contribution in [3.8, 4) is 0 Å². The lowest BCUT2D eigenvalue weighted by molar-refractivity contribution is -0.137. The summed E-state index contributed by atoms with van der Waals surface area (Å²) in [7, 11) is 0. The van der Waals surface area contributed by atoms with Gasteiger partial charge in [-0.15, -0.1) is 0 Å².